The molecule has 0 radical (unpaired) electrons. The van der Waals surface area contributed by atoms with Crippen molar-refractivity contribution in [3.8, 4) is 5.75 Å². The number of hydrogen-bond acceptors (Lipinski definition) is 3. The second kappa shape index (κ2) is 15.3. The van der Waals surface area contributed by atoms with Crippen molar-refractivity contribution in [3.05, 3.63) is 24.3 Å². The number of benzene rings is 1. The van der Waals surface area contributed by atoms with Crippen molar-refractivity contribution in [2.45, 2.75) is 77.6 Å². The number of nitrogens with two attached hydrogens (primary N) is 1. The summed E-state index contributed by atoms with van der Waals surface area (Å²) < 4.78 is 11.2. The zero-order chi connectivity index (χ0) is 17.3. The van der Waals surface area contributed by atoms with Crippen LogP contribution < -0.4 is 10.5 Å². The fraction of sp³-hybridized carbons (Fsp3) is 0.714. The number of nitrogen functional groups attached to an aromatic ring is 1. The monoisotopic (exact) mass is 335 g/mol. The molecular weight excluding hydrogens is 298 g/mol. The lowest BCUT2D eigenvalue weighted by Gasteiger charge is -2.07. The van der Waals surface area contributed by atoms with Crippen LogP contribution in [-0.2, 0) is 4.74 Å². The number of hydrogen-bond donors (Lipinski definition) is 1. The van der Waals surface area contributed by atoms with Gasteiger partial charge in [-0.1, -0.05) is 71.1 Å². The Morgan fingerprint density at radius 1 is 0.667 bits per heavy atom. The van der Waals surface area contributed by atoms with Crippen LogP contribution in [0.25, 0.3) is 0 Å². The molecule has 0 fully saturated rings. The van der Waals surface area contributed by atoms with E-state index in [4.69, 9.17) is 15.2 Å². The molecule has 1 aromatic carbocycles. The molecule has 0 aliphatic heterocycles. The molecule has 0 aliphatic carbocycles. The van der Waals surface area contributed by atoms with Gasteiger partial charge in [0.05, 0.1) is 6.61 Å². The molecule has 0 amide bonds. The molecule has 0 aromatic heterocycles. The Bertz CT molecular complexity index is 378. The van der Waals surface area contributed by atoms with Gasteiger partial charge in [-0.05, 0) is 30.7 Å². The van der Waals surface area contributed by atoms with Crippen LogP contribution in [0.2, 0.25) is 0 Å². The van der Waals surface area contributed by atoms with Crippen molar-refractivity contribution in [1.29, 1.82) is 0 Å². The second-order valence-corrected chi connectivity index (χ2v) is 6.57. The molecule has 0 saturated carbocycles. The molecule has 1 rings (SSSR count). The van der Waals surface area contributed by atoms with Crippen molar-refractivity contribution < 1.29 is 9.47 Å². The van der Waals surface area contributed by atoms with Crippen molar-refractivity contribution >= 4 is 5.69 Å². The molecule has 0 unspecified atom stereocenters. The number of ether oxygens (including phenoxy) is 2. The maximum Gasteiger partial charge on any atom is 0.119 e. The van der Waals surface area contributed by atoms with Crippen molar-refractivity contribution in [3.63, 3.8) is 0 Å². The van der Waals surface area contributed by atoms with Crippen LogP contribution in [0.5, 0.6) is 5.75 Å². The molecule has 0 bridgehead atoms. The van der Waals surface area contributed by atoms with Crippen molar-refractivity contribution in [2.24, 2.45) is 0 Å². The van der Waals surface area contributed by atoms with Gasteiger partial charge >= 0.3 is 0 Å². The van der Waals surface area contributed by atoms with Gasteiger partial charge in [-0.2, -0.15) is 0 Å². The van der Waals surface area contributed by atoms with Crippen LogP contribution >= 0.6 is 0 Å². The predicted octanol–water partition coefficient (Wildman–Crippen LogP) is 5.98. The van der Waals surface area contributed by atoms with Gasteiger partial charge in [-0.25, -0.2) is 0 Å². The normalized spacial score (nSPS) is 10.9. The molecule has 0 spiro atoms. The number of anilines is 1. The van der Waals surface area contributed by atoms with Gasteiger partial charge in [-0.15, -0.1) is 0 Å². The van der Waals surface area contributed by atoms with Crippen molar-refractivity contribution in [1.82, 2.24) is 0 Å². The molecule has 24 heavy (non-hydrogen) atoms. The molecule has 0 saturated heterocycles. The zero-order valence-electron chi connectivity index (χ0n) is 15.6. The van der Waals surface area contributed by atoms with E-state index in [-0.39, 0.29) is 0 Å². The second-order valence-electron chi connectivity index (χ2n) is 6.57. The summed E-state index contributed by atoms with van der Waals surface area (Å²) in [6.07, 6.45) is 15.0. The van der Waals surface area contributed by atoms with Gasteiger partial charge in [0, 0.05) is 12.3 Å². The quantitative estimate of drug-likeness (QED) is 0.299. The minimum atomic E-state index is 0.599. The Kier molecular flexibility index (Phi) is 13.3. The summed E-state index contributed by atoms with van der Waals surface area (Å²) in [5, 5.41) is 0. The van der Waals surface area contributed by atoms with Crippen molar-refractivity contribution in [2.75, 3.05) is 25.6 Å². The van der Waals surface area contributed by atoms with Gasteiger partial charge in [0.15, 0.2) is 0 Å². The van der Waals surface area contributed by atoms with Crippen LogP contribution in [0.15, 0.2) is 24.3 Å². The number of unbranched alkanes of at least 4 members (excludes halogenated alkanes) is 10. The molecule has 3 nitrogen and oxygen atoms in total. The first-order valence-corrected chi connectivity index (χ1v) is 9.89. The lowest BCUT2D eigenvalue weighted by Crippen LogP contribution is -2.07. The summed E-state index contributed by atoms with van der Waals surface area (Å²) >= 11 is 0. The van der Waals surface area contributed by atoms with E-state index < -0.39 is 0 Å². The van der Waals surface area contributed by atoms with E-state index in [0.717, 1.165) is 18.0 Å². The highest BCUT2D eigenvalue weighted by Crippen LogP contribution is 2.13. The third-order valence-electron chi connectivity index (χ3n) is 4.27. The summed E-state index contributed by atoms with van der Waals surface area (Å²) in [5.74, 6) is 0.850. The highest BCUT2D eigenvalue weighted by Gasteiger charge is 1.95. The summed E-state index contributed by atoms with van der Waals surface area (Å²) in [6.45, 7) is 4.38. The average molecular weight is 336 g/mol. The minimum absolute atomic E-state index is 0.599. The highest BCUT2D eigenvalue weighted by atomic mass is 16.5. The molecular formula is C21H37NO2. The first kappa shape index (κ1) is 20.8. The summed E-state index contributed by atoms with van der Waals surface area (Å²) in [7, 11) is 0. The first-order chi connectivity index (χ1) is 11.8. The van der Waals surface area contributed by atoms with Gasteiger partial charge < -0.3 is 15.2 Å². The Balaban J connectivity index is 1.75. The lowest BCUT2D eigenvalue weighted by molar-refractivity contribution is 0.0971. The standard InChI is InChI=1S/C21H37NO2/c1-2-3-4-5-6-7-8-9-10-11-12-17-23-18-19-24-21-15-13-20(22)14-16-21/h13-16H,2-12,17-19,22H2,1H3. The largest absolute Gasteiger partial charge is 0.491 e. The maximum absolute atomic E-state index is 5.63. The molecule has 0 atom stereocenters. The Morgan fingerprint density at radius 3 is 1.79 bits per heavy atom. The van der Waals surface area contributed by atoms with E-state index in [0.29, 0.717) is 13.2 Å². The fourth-order valence-electron chi connectivity index (χ4n) is 2.75. The lowest BCUT2D eigenvalue weighted by atomic mass is 10.1. The summed E-state index contributed by atoms with van der Waals surface area (Å²) in [6, 6.07) is 7.47. The van der Waals surface area contributed by atoms with E-state index in [1.165, 1.54) is 70.6 Å². The predicted molar refractivity (Wildman–Crippen MR) is 104 cm³/mol. The van der Waals surface area contributed by atoms with Crippen LogP contribution in [0.3, 0.4) is 0 Å². The summed E-state index contributed by atoms with van der Waals surface area (Å²) in [5.41, 5.74) is 6.39. The molecule has 3 heteroatoms. The smallest absolute Gasteiger partial charge is 0.119 e. The van der Waals surface area contributed by atoms with E-state index in [1.54, 1.807) is 0 Å². The van der Waals surface area contributed by atoms with Crippen LogP contribution in [-0.4, -0.2) is 19.8 Å². The molecule has 0 aliphatic rings. The Morgan fingerprint density at radius 2 is 1.21 bits per heavy atom. The van der Waals surface area contributed by atoms with Gasteiger partial charge in [0.1, 0.15) is 12.4 Å². The highest BCUT2D eigenvalue weighted by molar-refractivity contribution is 5.41. The van der Waals surface area contributed by atoms with E-state index >= 15 is 0 Å². The molecule has 1 aromatic rings. The first-order valence-electron chi connectivity index (χ1n) is 9.89. The average Bonchev–Trinajstić information content (AvgIpc) is 2.60. The minimum Gasteiger partial charge on any atom is -0.491 e. The van der Waals surface area contributed by atoms with Gasteiger partial charge in [0.25, 0.3) is 0 Å². The fourth-order valence-corrected chi connectivity index (χ4v) is 2.75. The van der Waals surface area contributed by atoms with Crippen LogP contribution in [0.1, 0.15) is 77.6 Å². The molecule has 138 valence electrons. The topological polar surface area (TPSA) is 44.5 Å². The van der Waals surface area contributed by atoms with Gasteiger partial charge in [0.2, 0.25) is 0 Å². The molecule has 0 heterocycles. The van der Waals surface area contributed by atoms with E-state index in [1.807, 2.05) is 24.3 Å². The van der Waals surface area contributed by atoms with E-state index in [9.17, 15) is 0 Å². The number of rotatable bonds is 16. The van der Waals surface area contributed by atoms with Crippen LogP contribution in [0, 0.1) is 0 Å². The third-order valence-corrected chi connectivity index (χ3v) is 4.27. The Hall–Kier alpha value is -1.22. The van der Waals surface area contributed by atoms with E-state index in [2.05, 4.69) is 6.92 Å². The molecule has 2 N–H and O–H groups in total. The Labute approximate surface area is 148 Å². The maximum atomic E-state index is 5.63. The summed E-state index contributed by atoms with van der Waals surface area (Å²) in [4.78, 5) is 0. The van der Waals surface area contributed by atoms with Crippen LogP contribution in [0.4, 0.5) is 5.69 Å². The van der Waals surface area contributed by atoms with Gasteiger partial charge in [-0.3, -0.25) is 0 Å². The third kappa shape index (κ3) is 12.2. The SMILES string of the molecule is CCCCCCCCCCCCCOCCOc1ccc(N)cc1. The zero-order valence-corrected chi connectivity index (χ0v) is 15.6.